The highest BCUT2D eigenvalue weighted by Crippen LogP contribution is 2.16. The molecular weight excluding hydrogens is 236 g/mol. The molecule has 1 atom stereocenters. The number of aliphatic hydroxyl groups excluding tert-OH is 1. The maximum absolute atomic E-state index is 11.8. The third-order valence-electron chi connectivity index (χ3n) is 2.58. The molecule has 2 N–H and O–H groups in total. The smallest absolute Gasteiger partial charge is 0.263 e. The summed E-state index contributed by atoms with van der Waals surface area (Å²) < 4.78 is 0. The third-order valence-corrected chi connectivity index (χ3v) is 3.65. The largest absolute Gasteiger partial charge is 0.396 e. The Balaban J connectivity index is 2.33. The van der Waals surface area contributed by atoms with E-state index in [2.05, 4.69) is 10.3 Å². The quantitative estimate of drug-likeness (QED) is 0.764. The lowest BCUT2D eigenvalue weighted by Gasteiger charge is -2.07. The van der Waals surface area contributed by atoms with Crippen molar-refractivity contribution in [1.29, 1.82) is 0 Å². The molecule has 0 radical (unpaired) electrons. The first-order chi connectivity index (χ1) is 8.04. The molecule has 1 amide bonds. The summed E-state index contributed by atoms with van der Waals surface area (Å²) in [6.07, 6.45) is 1.82. The number of hydrogen-bond acceptors (Lipinski definition) is 4. The average Bonchev–Trinajstić information content (AvgIpc) is 2.63. The summed E-state index contributed by atoms with van der Waals surface area (Å²) >= 11 is 1.43. The predicted molar refractivity (Wildman–Crippen MR) is 69.4 cm³/mol. The lowest BCUT2D eigenvalue weighted by Crippen LogP contribution is -2.24. The van der Waals surface area contributed by atoms with Gasteiger partial charge in [-0.15, -0.1) is 11.3 Å². The minimum absolute atomic E-state index is 0.0373. The Kier molecular flexibility index (Phi) is 5.58. The van der Waals surface area contributed by atoms with Crippen LogP contribution in [0, 0.1) is 19.8 Å². The first kappa shape index (κ1) is 14.1. The first-order valence-electron chi connectivity index (χ1n) is 5.87. The van der Waals surface area contributed by atoms with Gasteiger partial charge < -0.3 is 10.4 Å². The van der Waals surface area contributed by atoms with Crippen LogP contribution in [-0.4, -0.2) is 29.1 Å². The average molecular weight is 256 g/mol. The Morgan fingerprint density at radius 2 is 2.24 bits per heavy atom. The van der Waals surface area contributed by atoms with Gasteiger partial charge in [0, 0.05) is 13.2 Å². The molecule has 0 saturated carbocycles. The normalized spacial score (nSPS) is 12.5. The Hall–Kier alpha value is -0.940. The molecule has 0 aromatic carbocycles. The van der Waals surface area contributed by atoms with Gasteiger partial charge in [-0.25, -0.2) is 4.98 Å². The van der Waals surface area contributed by atoms with E-state index in [1.54, 1.807) is 0 Å². The van der Waals surface area contributed by atoms with Crippen LogP contribution in [0.4, 0.5) is 0 Å². The van der Waals surface area contributed by atoms with E-state index in [9.17, 15) is 4.79 Å². The topological polar surface area (TPSA) is 62.2 Å². The molecule has 5 heteroatoms. The molecule has 1 aromatic heterocycles. The van der Waals surface area contributed by atoms with Crippen molar-refractivity contribution < 1.29 is 9.90 Å². The van der Waals surface area contributed by atoms with Gasteiger partial charge in [-0.05, 0) is 32.6 Å². The number of thiazole rings is 1. The minimum Gasteiger partial charge on any atom is -0.396 e. The number of nitrogens with zero attached hydrogens (tertiary/aromatic N) is 1. The van der Waals surface area contributed by atoms with Crippen molar-refractivity contribution >= 4 is 17.2 Å². The van der Waals surface area contributed by atoms with Crippen molar-refractivity contribution in [2.45, 2.75) is 33.6 Å². The van der Waals surface area contributed by atoms with Gasteiger partial charge in [0.05, 0.1) is 10.7 Å². The predicted octanol–water partition coefficient (Wildman–Crippen LogP) is 1.90. The van der Waals surface area contributed by atoms with Crippen LogP contribution in [-0.2, 0) is 0 Å². The van der Waals surface area contributed by atoms with Crippen molar-refractivity contribution in [3.8, 4) is 0 Å². The number of aliphatic hydroxyl groups is 1. The van der Waals surface area contributed by atoms with Gasteiger partial charge in [-0.3, -0.25) is 4.79 Å². The van der Waals surface area contributed by atoms with Crippen LogP contribution in [0.1, 0.15) is 40.1 Å². The lowest BCUT2D eigenvalue weighted by molar-refractivity contribution is 0.0955. The van der Waals surface area contributed by atoms with Gasteiger partial charge in [-0.1, -0.05) is 6.92 Å². The molecule has 0 spiro atoms. The summed E-state index contributed by atoms with van der Waals surface area (Å²) in [5, 5.41) is 12.7. The number of rotatable bonds is 6. The van der Waals surface area contributed by atoms with Crippen molar-refractivity contribution in [3.63, 3.8) is 0 Å². The van der Waals surface area contributed by atoms with Crippen molar-refractivity contribution in [2.24, 2.45) is 5.92 Å². The Bertz CT molecular complexity index is 377. The second-order valence-corrected chi connectivity index (χ2v) is 5.54. The molecule has 0 aliphatic heterocycles. The van der Waals surface area contributed by atoms with Gasteiger partial charge in [0.25, 0.3) is 5.91 Å². The van der Waals surface area contributed by atoms with Crippen LogP contribution in [0.2, 0.25) is 0 Å². The maximum Gasteiger partial charge on any atom is 0.263 e. The highest BCUT2D eigenvalue weighted by molar-refractivity contribution is 7.13. The molecule has 0 bridgehead atoms. The highest BCUT2D eigenvalue weighted by atomic mass is 32.1. The van der Waals surface area contributed by atoms with Crippen LogP contribution in [0.25, 0.3) is 0 Å². The number of hydrogen-bond donors (Lipinski definition) is 2. The summed E-state index contributed by atoms with van der Waals surface area (Å²) in [4.78, 5) is 16.7. The molecule has 0 aliphatic carbocycles. The lowest BCUT2D eigenvalue weighted by atomic mass is 10.1. The molecule has 0 aliphatic rings. The first-order valence-corrected chi connectivity index (χ1v) is 6.69. The standard InChI is InChI=1S/C12H20N2O2S/c1-8(7-15)5-4-6-13-12(16)11-9(2)14-10(3)17-11/h8,15H,4-7H2,1-3H3,(H,13,16). The number of carbonyl (C=O) groups is 1. The molecule has 1 heterocycles. The molecule has 1 rings (SSSR count). The van der Waals surface area contributed by atoms with Gasteiger partial charge in [0.15, 0.2) is 0 Å². The molecule has 0 saturated heterocycles. The fraction of sp³-hybridized carbons (Fsp3) is 0.667. The van der Waals surface area contributed by atoms with Crippen molar-refractivity contribution in [1.82, 2.24) is 10.3 Å². The van der Waals surface area contributed by atoms with E-state index >= 15 is 0 Å². The van der Waals surface area contributed by atoms with E-state index < -0.39 is 0 Å². The number of aryl methyl sites for hydroxylation is 2. The van der Waals surface area contributed by atoms with Gasteiger partial charge >= 0.3 is 0 Å². The molecule has 1 aromatic rings. The molecule has 1 unspecified atom stereocenters. The Morgan fingerprint density at radius 1 is 1.53 bits per heavy atom. The summed E-state index contributed by atoms with van der Waals surface area (Å²) in [6.45, 7) is 6.61. The Labute approximate surface area is 106 Å². The SMILES string of the molecule is Cc1nc(C)c(C(=O)NCCCC(C)CO)s1. The van der Waals surface area contributed by atoms with E-state index in [4.69, 9.17) is 5.11 Å². The van der Waals surface area contributed by atoms with E-state index in [1.165, 1.54) is 11.3 Å². The summed E-state index contributed by atoms with van der Waals surface area (Å²) in [7, 11) is 0. The number of amides is 1. The minimum atomic E-state index is -0.0373. The zero-order chi connectivity index (χ0) is 12.8. The van der Waals surface area contributed by atoms with Gasteiger partial charge in [0.1, 0.15) is 4.88 Å². The van der Waals surface area contributed by atoms with E-state index in [0.29, 0.717) is 17.3 Å². The summed E-state index contributed by atoms with van der Waals surface area (Å²) in [6, 6.07) is 0. The molecule has 17 heavy (non-hydrogen) atoms. The van der Waals surface area contributed by atoms with Gasteiger partial charge in [-0.2, -0.15) is 0 Å². The molecule has 96 valence electrons. The summed E-state index contributed by atoms with van der Waals surface area (Å²) in [5.41, 5.74) is 0.800. The number of nitrogens with one attached hydrogen (secondary N) is 1. The van der Waals surface area contributed by atoms with Crippen LogP contribution in [0.3, 0.4) is 0 Å². The zero-order valence-corrected chi connectivity index (χ0v) is 11.4. The van der Waals surface area contributed by atoms with Crippen LogP contribution in [0.15, 0.2) is 0 Å². The highest BCUT2D eigenvalue weighted by Gasteiger charge is 2.12. The second kappa shape index (κ2) is 6.71. The van der Waals surface area contributed by atoms with Crippen molar-refractivity contribution in [3.05, 3.63) is 15.6 Å². The van der Waals surface area contributed by atoms with Crippen LogP contribution < -0.4 is 5.32 Å². The Morgan fingerprint density at radius 3 is 2.76 bits per heavy atom. The molecular formula is C12H20N2O2S. The molecule has 4 nitrogen and oxygen atoms in total. The summed E-state index contributed by atoms with van der Waals surface area (Å²) in [5.74, 6) is 0.268. The third kappa shape index (κ3) is 4.44. The second-order valence-electron chi connectivity index (χ2n) is 4.33. The van der Waals surface area contributed by atoms with E-state index in [-0.39, 0.29) is 12.5 Å². The van der Waals surface area contributed by atoms with E-state index in [1.807, 2.05) is 20.8 Å². The zero-order valence-electron chi connectivity index (χ0n) is 10.6. The fourth-order valence-electron chi connectivity index (χ4n) is 1.57. The van der Waals surface area contributed by atoms with E-state index in [0.717, 1.165) is 23.5 Å². The number of aromatic nitrogens is 1. The van der Waals surface area contributed by atoms with Crippen LogP contribution in [0.5, 0.6) is 0 Å². The molecule has 0 fully saturated rings. The fourth-order valence-corrected chi connectivity index (χ4v) is 2.40. The van der Waals surface area contributed by atoms with Crippen molar-refractivity contribution in [2.75, 3.05) is 13.2 Å². The number of carbonyl (C=O) groups excluding carboxylic acids is 1. The van der Waals surface area contributed by atoms with Crippen LogP contribution >= 0.6 is 11.3 Å². The monoisotopic (exact) mass is 256 g/mol. The van der Waals surface area contributed by atoms with Gasteiger partial charge in [0.2, 0.25) is 0 Å². The maximum atomic E-state index is 11.8.